The second-order valence-corrected chi connectivity index (χ2v) is 6.51. The van der Waals surface area contributed by atoms with Gasteiger partial charge in [0.1, 0.15) is 0 Å². The monoisotopic (exact) mass is 326 g/mol. The Morgan fingerprint density at radius 3 is 2.70 bits per heavy atom. The second kappa shape index (κ2) is 5.87. The minimum atomic E-state index is 0.702. The first kappa shape index (κ1) is 14.5. The Morgan fingerprint density at radius 1 is 1.04 bits per heavy atom. The zero-order chi connectivity index (χ0) is 15.8. The van der Waals surface area contributed by atoms with Crippen LogP contribution in [0.25, 0.3) is 0 Å². The molecule has 4 nitrogen and oxygen atoms in total. The van der Waals surface area contributed by atoms with Crippen LogP contribution in [-0.2, 0) is 0 Å². The highest BCUT2D eigenvalue weighted by Gasteiger charge is 2.19. The third-order valence-electron chi connectivity index (χ3n) is 4.49. The Kier molecular flexibility index (Phi) is 3.71. The van der Waals surface area contributed by atoms with Crippen molar-refractivity contribution in [2.75, 3.05) is 43.4 Å². The molecule has 0 saturated carbocycles. The van der Waals surface area contributed by atoms with E-state index in [0.717, 1.165) is 48.8 Å². The smallest absolute Gasteiger partial charge is 0.0879 e. The van der Waals surface area contributed by atoms with Gasteiger partial charge in [-0.05, 0) is 37.4 Å². The summed E-state index contributed by atoms with van der Waals surface area (Å²) in [6, 6.07) is 12.1. The predicted octanol–water partition coefficient (Wildman–Crippen LogP) is 3.90. The van der Waals surface area contributed by atoms with E-state index in [2.05, 4.69) is 45.4 Å². The standard InChI is InChI=1S/C18H19ClN4/c1-22-7-9-23(10-8-22)18-4-2-3-15-14(18)12-20-17-11-13(19)5-6-16(17)21-15/h2-6,11-12,21H,7-10H2,1H3. The van der Waals surface area contributed by atoms with Gasteiger partial charge in [0.25, 0.3) is 0 Å². The first-order valence-electron chi connectivity index (χ1n) is 7.88. The third kappa shape index (κ3) is 2.80. The molecule has 0 unspecified atom stereocenters. The van der Waals surface area contributed by atoms with Gasteiger partial charge in [0.2, 0.25) is 0 Å². The maximum Gasteiger partial charge on any atom is 0.0879 e. The second-order valence-electron chi connectivity index (χ2n) is 6.07. The van der Waals surface area contributed by atoms with Crippen LogP contribution in [0, 0.1) is 0 Å². The van der Waals surface area contributed by atoms with Crippen LogP contribution in [0.2, 0.25) is 5.02 Å². The van der Waals surface area contributed by atoms with E-state index in [0.29, 0.717) is 5.02 Å². The van der Waals surface area contributed by atoms with E-state index in [9.17, 15) is 0 Å². The van der Waals surface area contributed by atoms with Gasteiger partial charge in [-0.3, -0.25) is 4.99 Å². The first-order chi connectivity index (χ1) is 11.2. The van der Waals surface area contributed by atoms with Crippen molar-refractivity contribution in [2.24, 2.45) is 4.99 Å². The molecule has 2 aliphatic heterocycles. The van der Waals surface area contributed by atoms with Crippen LogP contribution in [0.1, 0.15) is 5.56 Å². The lowest BCUT2D eigenvalue weighted by Gasteiger charge is -2.35. The van der Waals surface area contributed by atoms with Crippen molar-refractivity contribution in [1.82, 2.24) is 4.90 Å². The maximum atomic E-state index is 6.09. The number of nitrogens with zero attached hydrogens (tertiary/aromatic N) is 3. The van der Waals surface area contributed by atoms with Gasteiger partial charge >= 0.3 is 0 Å². The van der Waals surface area contributed by atoms with Crippen molar-refractivity contribution in [1.29, 1.82) is 0 Å². The zero-order valence-corrected chi connectivity index (χ0v) is 13.8. The van der Waals surface area contributed by atoms with Crippen molar-refractivity contribution in [3.8, 4) is 0 Å². The summed E-state index contributed by atoms with van der Waals surface area (Å²) >= 11 is 6.09. The van der Waals surface area contributed by atoms with Crippen molar-refractivity contribution >= 4 is 40.6 Å². The van der Waals surface area contributed by atoms with Crippen molar-refractivity contribution < 1.29 is 0 Å². The summed E-state index contributed by atoms with van der Waals surface area (Å²) in [5.41, 5.74) is 5.33. The molecular formula is C18H19ClN4. The van der Waals surface area contributed by atoms with Gasteiger partial charge in [0.15, 0.2) is 0 Å². The number of rotatable bonds is 1. The highest BCUT2D eigenvalue weighted by molar-refractivity contribution is 6.31. The van der Waals surface area contributed by atoms with Crippen LogP contribution in [0.3, 0.4) is 0 Å². The Bertz CT molecular complexity index is 764. The summed E-state index contributed by atoms with van der Waals surface area (Å²) in [6.45, 7) is 4.26. The molecule has 1 fully saturated rings. The Balaban J connectivity index is 1.73. The molecule has 0 bridgehead atoms. The number of hydrogen-bond donors (Lipinski definition) is 1. The number of hydrogen-bond acceptors (Lipinski definition) is 4. The summed E-state index contributed by atoms with van der Waals surface area (Å²) in [6.07, 6.45) is 1.96. The van der Waals surface area contributed by atoms with Crippen LogP contribution in [0.5, 0.6) is 0 Å². The zero-order valence-electron chi connectivity index (χ0n) is 13.1. The number of piperazine rings is 1. The maximum absolute atomic E-state index is 6.09. The first-order valence-corrected chi connectivity index (χ1v) is 8.26. The van der Waals surface area contributed by atoms with E-state index >= 15 is 0 Å². The molecule has 2 aromatic carbocycles. The molecule has 0 radical (unpaired) electrons. The molecule has 0 atom stereocenters. The Morgan fingerprint density at radius 2 is 1.87 bits per heavy atom. The van der Waals surface area contributed by atoms with Gasteiger partial charge in [-0.1, -0.05) is 17.7 Å². The third-order valence-corrected chi connectivity index (χ3v) is 4.72. The molecule has 0 aliphatic carbocycles. The molecule has 4 rings (SSSR count). The minimum Gasteiger partial charge on any atom is -0.368 e. The Hall–Kier alpha value is -2.04. The van der Waals surface area contributed by atoms with Gasteiger partial charge < -0.3 is 15.1 Å². The fraction of sp³-hybridized carbons (Fsp3) is 0.278. The van der Waals surface area contributed by atoms with Gasteiger partial charge in [0, 0.05) is 54.4 Å². The average Bonchev–Trinajstić information content (AvgIpc) is 2.74. The van der Waals surface area contributed by atoms with Crippen molar-refractivity contribution in [3.63, 3.8) is 0 Å². The molecule has 2 aromatic rings. The summed E-state index contributed by atoms with van der Waals surface area (Å²) in [4.78, 5) is 9.45. The molecule has 2 heterocycles. The molecule has 0 spiro atoms. The molecule has 1 saturated heterocycles. The summed E-state index contributed by atoms with van der Waals surface area (Å²) in [5.74, 6) is 0. The lowest BCUT2D eigenvalue weighted by atomic mass is 10.1. The lowest BCUT2D eigenvalue weighted by molar-refractivity contribution is 0.313. The minimum absolute atomic E-state index is 0.702. The normalized spacial score (nSPS) is 17.2. The van der Waals surface area contributed by atoms with Gasteiger partial charge in [-0.2, -0.15) is 0 Å². The molecule has 118 valence electrons. The molecule has 23 heavy (non-hydrogen) atoms. The van der Waals surface area contributed by atoms with Gasteiger partial charge in [-0.25, -0.2) is 0 Å². The van der Waals surface area contributed by atoms with Crippen molar-refractivity contribution in [2.45, 2.75) is 0 Å². The van der Waals surface area contributed by atoms with Crippen LogP contribution in [-0.4, -0.2) is 44.3 Å². The van der Waals surface area contributed by atoms with E-state index < -0.39 is 0 Å². The summed E-state index contributed by atoms with van der Waals surface area (Å²) in [5, 5.41) is 4.20. The number of fused-ring (bicyclic) bond motifs is 2. The fourth-order valence-corrected chi connectivity index (χ4v) is 3.28. The van der Waals surface area contributed by atoms with E-state index in [1.807, 2.05) is 24.4 Å². The van der Waals surface area contributed by atoms with Gasteiger partial charge in [0.05, 0.1) is 11.4 Å². The quantitative estimate of drug-likeness (QED) is 0.736. The molecule has 2 aliphatic rings. The molecule has 1 N–H and O–H groups in total. The van der Waals surface area contributed by atoms with Crippen LogP contribution >= 0.6 is 11.6 Å². The largest absolute Gasteiger partial charge is 0.368 e. The van der Waals surface area contributed by atoms with Gasteiger partial charge in [-0.15, -0.1) is 0 Å². The summed E-state index contributed by atoms with van der Waals surface area (Å²) < 4.78 is 0. The van der Waals surface area contributed by atoms with E-state index in [4.69, 9.17) is 11.6 Å². The molecular weight excluding hydrogens is 308 g/mol. The van der Waals surface area contributed by atoms with E-state index in [1.54, 1.807) is 0 Å². The topological polar surface area (TPSA) is 30.9 Å². The van der Waals surface area contributed by atoms with Crippen molar-refractivity contribution in [3.05, 3.63) is 47.0 Å². The Labute approximate surface area is 141 Å². The van der Waals surface area contributed by atoms with E-state index in [-0.39, 0.29) is 0 Å². The predicted molar refractivity (Wildman–Crippen MR) is 98.1 cm³/mol. The highest BCUT2D eigenvalue weighted by Crippen LogP contribution is 2.37. The highest BCUT2D eigenvalue weighted by atomic mass is 35.5. The average molecular weight is 327 g/mol. The van der Waals surface area contributed by atoms with Crippen LogP contribution in [0.15, 0.2) is 41.4 Å². The number of nitrogens with one attached hydrogen (secondary N) is 1. The molecule has 0 amide bonds. The number of aliphatic imine (C=N–C) groups is 1. The number of benzene rings is 2. The SMILES string of the molecule is CN1CCN(c2cccc3c2C=Nc2cc(Cl)ccc2N3)CC1. The molecule has 0 aromatic heterocycles. The number of halogens is 1. The van der Waals surface area contributed by atoms with Crippen LogP contribution < -0.4 is 10.2 Å². The summed E-state index contributed by atoms with van der Waals surface area (Å²) in [7, 11) is 2.17. The fourth-order valence-electron chi connectivity index (χ4n) is 3.12. The lowest BCUT2D eigenvalue weighted by Crippen LogP contribution is -2.44. The van der Waals surface area contributed by atoms with Crippen LogP contribution in [0.4, 0.5) is 22.7 Å². The molecule has 5 heteroatoms. The van der Waals surface area contributed by atoms with E-state index in [1.165, 1.54) is 5.69 Å². The number of likely N-dealkylation sites (N-methyl/N-ethyl adjacent to an activating group) is 1. The number of anilines is 3.